The Labute approximate surface area is 185 Å². The predicted molar refractivity (Wildman–Crippen MR) is 115 cm³/mol. The van der Waals surface area contributed by atoms with Gasteiger partial charge in [-0.15, -0.1) is 0 Å². The van der Waals surface area contributed by atoms with E-state index in [0.717, 1.165) is 18.9 Å². The predicted octanol–water partition coefficient (Wildman–Crippen LogP) is 2.41. The van der Waals surface area contributed by atoms with Crippen LogP contribution >= 0.6 is 0 Å². The van der Waals surface area contributed by atoms with Gasteiger partial charge in [0.05, 0.1) is 24.0 Å². The van der Waals surface area contributed by atoms with E-state index in [-0.39, 0.29) is 10.6 Å². The molecule has 0 aromatic heterocycles. The normalized spacial score (nSPS) is 14.1. The number of nitrogens with one attached hydrogen (secondary N) is 1. The highest BCUT2D eigenvalue weighted by atomic mass is 32.2. The molecule has 0 aliphatic carbocycles. The second kappa shape index (κ2) is 9.83. The van der Waals surface area contributed by atoms with Gasteiger partial charge < -0.3 is 19.5 Å². The van der Waals surface area contributed by atoms with E-state index in [1.54, 1.807) is 18.2 Å². The first-order valence-corrected chi connectivity index (χ1v) is 11.1. The first-order chi connectivity index (χ1) is 15.3. The van der Waals surface area contributed by atoms with Crippen molar-refractivity contribution in [1.82, 2.24) is 4.31 Å². The van der Waals surface area contributed by atoms with Gasteiger partial charge in [-0.05, 0) is 37.1 Å². The molecule has 0 atom stereocenters. The first-order valence-electron chi connectivity index (χ1n) is 9.69. The molecule has 1 saturated heterocycles. The van der Waals surface area contributed by atoms with Crippen molar-refractivity contribution in [3.8, 4) is 17.2 Å². The number of nitro groups is 1. The number of methoxy groups -OCH3 is 2. The van der Waals surface area contributed by atoms with Crippen molar-refractivity contribution < 1.29 is 32.3 Å². The van der Waals surface area contributed by atoms with Gasteiger partial charge in [-0.25, -0.2) is 8.42 Å². The lowest BCUT2D eigenvalue weighted by atomic mass is 10.2. The van der Waals surface area contributed by atoms with Crippen molar-refractivity contribution in [1.29, 1.82) is 0 Å². The number of anilines is 1. The van der Waals surface area contributed by atoms with Crippen LogP contribution in [0.25, 0.3) is 0 Å². The van der Waals surface area contributed by atoms with Gasteiger partial charge in [0, 0.05) is 30.9 Å². The van der Waals surface area contributed by atoms with E-state index in [0.29, 0.717) is 30.3 Å². The summed E-state index contributed by atoms with van der Waals surface area (Å²) in [6.07, 6.45) is 1.50. The molecule has 1 N–H and O–H groups in total. The van der Waals surface area contributed by atoms with Crippen molar-refractivity contribution in [3.05, 3.63) is 46.5 Å². The highest BCUT2D eigenvalue weighted by molar-refractivity contribution is 7.89. The highest BCUT2D eigenvalue weighted by Gasteiger charge is 2.30. The molecular formula is C20H23N3O8S. The van der Waals surface area contributed by atoms with Gasteiger partial charge in [-0.3, -0.25) is 14.9 Å². The van der Waals surface area contributed by atoms with Crippen LogP contribution in [0.3, 0.4) is 0 Å². The number of sulfonamides is 1. The number of benzene rings is 2. The minimum absolute atomic E-state index is 0.187. The van der Waals surface area contributed by atoms with Crippen LogP contribution in [0.15, 0.2) is 41.3 Å². The molecule has 3 rings (SSSR count). The van der Waals surface area contributed by atoms with Crippen LogP contribution in [0.4, 0.5) is 11.4 Å². The number of carbonyl (C=O) groups excluding carboxylic acids is 1. The zero-order chi connectivity index (χ0) is 23.3. The standard InChI is InChI=1S/C20H23N3O8S/c1-29-18-7-5-14(11-19(18)30-2)21-20(24)13-31-17-8-6-15(12-16(17)23(25)26)32(27,28)22-9-3-4-10-22/h5-8,11-12H,3-4,9-10,13H2,1-2H3,(H,21,24). The molecular weight excluding hydrogens is 442 g/mol. The molecule has 0 radical (unpaired) electrons. The Balaban J connectivity index is 1.72. The van der Waals surface area contributed by atoms with Crippen LogP contribution in [0, 0.1) is 10.1 Å². The van der Waals surface area contributed by atoms with Crippen molar-refractivity contribution in [2.45, 2.75) is 17.7 Å². The van der Waals surface area contributed by atoms with Crippen LogP contribution in [0.1, 0.15) is 12.8 Å². The Bertz CT molecular complexity index is 1110. The molecule has 32 heavy (non-hydrogen) atoms. The summed E-state index contributed by atoms with van der Waals surface area (Å²) >= 11 is 0. The van der Waals surface area contributed by atoms with Gasteiger partial charge in [0.15, 0.2) is 23.9 Å². The van der Waals surface area contributed by atoms with Gasteiger partial charge in [0.25, 0.3) is 5.91 Å². The third-order valence-corrected chi connectivity index (χ3v) is 6.75. The Morgan fingerprint density at radius 2 is 1.72 bits per heavy atom. The average molecular weight is 465 g/mol. The van der Waals surface area contributed by atoms with Crippen LogP contribution in [0.2, 0.25) is 0 Å². The molecule has 0 spiro atoms. The molecule has 2 aromatic carbocycles. The summed E-state index contributed by atoms with van der Waals surface area (Å²) in [5, 5.41) is 14.1. The Morgan fingerprint density at radius 1 is 1.06 bits per heavy atom. The maximum absolute atomic E-state index is 12.7. The largest absolute Gasteiger partial charge is 0.493 e. The number of hydrogen-bond donors (Lipinski definition) is 1. The van der Waals surface area contributed by atoms with E-state index in [1.807, 2.05) is 0 Å². The van der Waals surface area contributed by atoms with E-state index < -0.39 is 33.1 Å². The van der Waals surface area contributed by atoms with Crippen LogP contribution in [0.5, 0.6) is 17.2 Å². The molecule has 0 saturated carbocycles. The first kappa shape index (κ1) is 23.3. The number of amides is 1. The molecule has 1 aliphatic rings. The van der Waals surface area contributed by atoms with Crippen molar-refractivity contribution in [2.24, 2.45) is 0 Å². The van der Waals surface area contributed by atoms with Crippen LogP contribution < -0.4 is 19.5 Å². The van der Waals surface area contributed by atoms with Crippen molar-refractivity contribution in [3.63, 3.8) is 0 Å². The summed E-state index contributed by atoms with van der Waals surface area (Å²) in [5.74, 6) is 0.121. The maximum atomic E-state index is 12.7. The number of carbonyl (C=O) groups is 1. The lowest BCUT2D eigenvalue weighted by molar-refractivity contribution is -0.386. The molecule has 1 amide bonds. The number of hydrogen-bond acceptors (Lipinski definition) is 8. The second-order valence-electron chi connectivity index (χ2n) is 6.90. The summed E-state index contributed by atoms with van der Waals surface area (Å²) in [7, 11) is -0.882. The SMILES string of the molecule is COc1ccc(NC(=O)COc2ccc(S(=O)(=O)N3CCCC3)cc2[N+](=O)[O-])cc1OC. The van der Waals surface area contributed by atoms with Gasteiger partial charge >= 0.3 is 5.69 Å². The summed E-state index contributed by atoms with van der Waals surface area (Å²) < 4.78 is 42.2. The molecule has 1 fully saturated rings. The number of rotatable bonds is 9. The monoisotopic (exact) mass is 465 g/mol. The second-order valence-corrected chi connectivity index (χ2v) is 8.84. The molecule has 172 valence electrons. The van der Waals surface area contributed by atoms with Crippen molar-refractivity contribution in [2.75, 3.05) is 39.2 Å². The number of nitrogens with zero attached hydrogens (tertiary/aromatic N) is 2. The lowest BCUT2D eigenvalue weighted by Gasteiger charge is -2.16. The topological polar surface area (TPSA) is 137 Å². The zero-order valence-electron chi connectivity index (χ0n) is 17.6. The van der Waals surface area contributed by atoms with Crippen LogP contribution in [-0.4, -0.2) is 57.5 Å². The smallest absolute Gasteiger partial charge is 0.312 e. The Morgan fingerprint density at radius 3 is 2.34 bits per heavy atom. The molecule has 1 heterocycles. The minimum Gasteiger partial charge on any atom is -0.493 e. The summed E-state index contributed by atoms with van der Waals surface area (Å²) in [6.45, 7) is 0.239. The van der Waals surface area contributed by atoms with E-state index in [1.165, 1.54) is 30.7 Å². The van der Waals surface area contributed by atoms with Crippen molar-refractivity contribution >= 4 is 27.3 Å². The fourth-order valence-corrected chi connectivity index (χ4v) is 4.79. The van der Waals surface area contributed by atoms with Gasteiger partial charge in [0.2, 0.25) is 10.0 Å². The Hall–Kier alpha value is -3.38. The lowest BCUT2D eigenvalue weighted by Crippen LogP contribution is -2.28. The molecule has 0 bridgehead atoms. The molecule has 0 unspecified atom stereocenters. The van der Waals surface area contributed by atoms with Crippen LogP contribution in [-0.2, 0) is 14.8 Å². The third kappa shape index (κ3) is 5.08. The van der Waals surface area contributed by atoms with E-state index in [9.17, 15) is 23.3 Å². The van der Waals surface area contributed by atoms with Gasteiger partial charge in [-0.2, -0.15) is 4.31 Å². The fraction of sp³-hybridized carbons (Fsp3) is 0.350. The Kier molecular flexibility index (Phi) is 7.15. The molecule has 1 aliphatic heterocycles. The minimum atomic E-state index is -3.82. The number of ether oxygens (including phenoxy) is 3. The van der Waals surface area contributed by atoms with Gasteiger partial charge in [-0.1, -0.05) is 0 Å². The number of nitro benzene ring substituents is 1. The van der Waals surface area contributed by atoms with E-state index >= 15 is 0 Å². The highest BCUT2D eigenvalue weighted by Crippen LogP contribution is 2.32. The molecule has 2 aromatic rings. The summed E-state index contributed by atoms with van der Waals surface area (Å²) in [4.78, 5) is 22.8. The zero-order valence-corrected chi connectivity index (χ0v) is 18.4. The molecule has 11 nitrogen and oxygen atoms in total. The summed E-state index contributed by atoms with van der Waals surface area (Å²) in [5.41, 5.74) is -0.123. The average Bonchev–Trinajstić information content (AvgIpc) is 3.33. The molecule has 12 heteroatoms. The van der Waals surface area contributed by atoms with E-state index in [2.05, 4.69) is 5.32 Å². The maximum Gasteiger partial charge on any atom is 0.312 e. The quantitative estimate of drug-likeness (QED) is 0.440. The van der Waals surface area contributed by atoms with E-state index in [4.69, 9.17) is 14.2 Å². The third-order valence-electron chi connectivity index (χ3n) is 4.86. The van der Waals surface area contributed by atoms with Gasteiger partial charge in [0.1, 0.15) is 0 Å². The summed E-state index contributed by atoms with van der Waals surface area (Å²) in [6, 6.07) is 8.14. The fourth-order valence-electron chi connectivity index (χ4n) is 3.25.